The molecule has 1 aromatic heterocycles. The van der Waals surface area contributed by atoms with Crippen molar-refractivity contribution in [2.45, 2.75) is 44.3 Å². The summed E-state index contributed by atoms with van der Waals surface area (Å²) in [5, 5.41) is 12.6. The molecule has 0 spiro atoms. The number of tetrazole rings is 1. The quantitative estimate of drug-likeness (QED) is 0.611. The first kappa shape index (κ1) is 20.3. The van der Waals surface area contributed by atoms with Crippen molar-refractivity contribution < 1.29 is 4.39 Å². The van der Waals surface area contributed by atoms with Gasteiger partial charge in [-0.1, -0.05) is 61.4 Å². The van der Waals surface area contributed by atoms with Gasteiger partial charge in [-0.25, -0.2) is 9.07 Å². The standard InChI is InChI=1S/C24H29FN6/c25-22-13-7-6-12-21(22)23(30-16-14-29(15-17-30)20-10-4-5-11-20)24-26-27-28-31(24)18-19-8-2-1-3-9-19/h1-3,6-9,12-13,20,23H,4-5,10-11,14-18H2/t23-/m0/s1. The van der Waals surface area contributed by atoms with Crippen LogP contribution in [0.15, 0.2) is 54.6 Å². The molecular weight excluding hydrogens is 391 g/mol. The highest BCUT2D eigenvalue weighted by atomic mass is 19.1. The minimum atomic E-state index is -0.300. The molecule has 0 bridgehead atoms. The van der Waals surface area contributed by atoms with E-state index in [1.54, 1.807) is 6.07 Å². The van der Waals surface area contributed by atoms with Crippen molar-refractivity contribution in [3.05, 3.63) is 77.4 Å². The lowest BCUT2D eigenvalue weighted by Gasteiger charge is -2.41. The van der Waals surface area contributed by atoms with Crippen LogP contribution in [0.5, 0.6) is 0 Å². The van der Waals surface area contributed by atoms with Crippen LogP contribution in [0.2, 0.25) is 0 Å². The first-order chi connectivity index (χ1) is 15.3. The average Bonchev–Trinajstić information content (AvgIpc) is 3.50. The SMILES string of the molecule is Fc1ccccc1[C@@H](c1nnnn1Cc1ccccc1)N1CCN(C2CCCC2)CC1. The molecule has 5 rings (SSSR count). The first-order valence-electron chi connectivity index (χ1n) is 11.3. The molecule has 2 aromatic carbocycles. The maximum absolute atomic E-state index is 15.0. The van der Waals surface area contributed by atoms with Gasteiger partial charge < -0.3 is 0 Å². The van der Waals surface area contributed by atoms with Crippen LogP contribution >= 0.6 is 0 Å². The summed E-state index contributed by atoms with van der Waals surface area (Å²) in [4.78, 5) is 4.96. The van der Waals surface area contributed by atoms with Gasteiger partial charge in [-0.3, -0.25) is 9.80 Å². The summed E-state index contributed by atoms with van der Waals surface area (Å²) in [7, 11) is 0. The van der Waals surface area contributed by atoms with E-state index >= 15 is 0 Å². The van der Waals surface area contributed by atoms with E-state index in [0.717, 1.165) is 37.8 Å². The number of rotatable bonds is 6. The molecule has 0 radical (unpaired) electrons. The Morgan fingerprint density at radius 1 is 0.903 bits per heavy atom. The molecule has 6 nitrogen and oxygen atoms in total. The van der Waals surface area contributed by atoms with E-state index in [9.17, 15) is 4.39 Å². The zero-order chi connectivity index (χ0) is 21.0. The van der Waals surface area contributed by atoms with Gasteiger partial charge in [-0.2, -0.15) is 0 Å². The van der Waals surface area contributed by atoms with Gasteiger partial charge >= 0.3 is 0 Å². The molecule has 1 aliphatic heterocycles. The van der Waals surface area contributed by atoms with Crippen LogP contribution in [-0.4, -0.2) is 62.2 Å². The molecule has 2 aliphatic rings. The Kier molecular flexibility index (Phi) is 6.04. The second-order valence-electron chi connectivity index (χ2n) is 8.61. The molecule has 0 N–H and O–H groups in total. The maximum Gasteiger partial charge on any atom is 0.173 e. The van der Waals surface area contributed by atoms with Gasteiger partial charge in [0.25, 0.3) is 0 Å². The Morgan fingerprint density at radius 2 is 1.61 bits per heavy atom. The summed E-state index contributed by atoms with van der Waals surface area (Å²) in [6.45, 7) is 4.35. The van der Waals surface area contributed by atoms with Gasteiger partial charge in [0.1, 0.15) is 11.9 Å². The van der Waals surface area contributed by atoms with E-state index in [1.807, 2.05) is 35.0 Å². The van der Waals surface area contributed by atoms with Crippen LogP contribution in [0, 0.1) is 5.82 Å². The van der Waals surface area contributed by atoms with Crippen molar-refractivity contribution in [1.29, 1.82) is 0 Å². The van der Waals surface area contributed by atoms with Gasteiger partial charge in [0.2, 0.25) is 0 Å². The Balaban J connectivity index is 1.43. The lowest BCUT2D eigenvalue weighted by Crippen LogP contribution is -2.51. The van der Waals surface area contributed by atoms with Crippen LogP contribution in [0.3, 0.4) is 0 Å². The van der Waals surface area contributed by atoms with E-state index in [0.29, 0.717) is 17.9 Å². The average molecular weight is 421 g/mol. The van der Waals surface area contributed by atoms with E-state index in [1.165, 1.54) is 31.7 Å². The Labute approximate surface area is 182 Å². The summed E-state index contributed by atoms with van der Waals surface area (Å²) in [6.07, 6.45) is 5.31. The predicted molar refractivity (Wildman–Crippen MR) is 117 cm³/mol. The number of benzene rings is 2. The van der Waals surface area contributed by atoms with Gasteiger partial charge in [0.05, 0.1) is 6.54 Å². The summed E-state index contributed by atoms with van der Waals surface area (Å²) in [5.41, 5.74) is 1.76. The van der Waals surface area contributed by atoms with Crippen LogP contribution in [0.4, 0.5) is 4.39 Å². The molecule has 0 amide bonds. The molecule has 1 saturated heterocycles. The predicted octanol–water partition coefficient (Wildman–Crippen LogP) is 3.51. The highest BCUT2D eigenvalue weighted by molar-refractivity contribution is 5.27. The van der Waals surface area contributed by atoms with Crippen molar-refractivity contribution in [3.63, 3.8) is 0 Å². The Morgan fingerprint density at radius 3 is 2.35 bits per heavy atom. The Bertz CT molecular complexity index is 976. The minimum Gasteiger partial charge on any atom is -0.298 e. The number of halogens is 1. The first-order valence-corrected chi connectivity index (χ1v) is 11.3. The second kappa shape index (κ2) is 9.24. The largest absolute Gasteiger partial charge is 0.298 e. The van der Waals surface area contributed by atoms with Gasteiger partial charge in [0, 0.05) is 37.8 Å². The minimum absolute atomic E-state index is 0.208. The van der Waals surface area contributed by atoms with Crippen LogP contribution in [0.1, 0.15) is 48.7 Å². The molecular formula is C24H29FN6. The molecule has 0 unspecified atom stereocenters. The third-order valence-electron chi connectivity index (χ3n) is 6.73. The number of hydrogen-bond donors (Lipinski definition) is 0. The molecule has 1 saturated carbocycles. The third kappa shape index (κ3) is 4.38. The fourth-order valence-electron chi connectivity index (χ4n) is 5.10. The number of piperazine rings is 1. The molecule has 2 heterocycles. The molecule has 2 fully saturated rings. The van der Waals surface area contributed by atoms with Gasteiger partial charge in [-0.05, 0) is 34.9 Å². The summed E-state index contributed by atoms with van der Waals surface area (Å²) < 4.78 is 16.8. The van der Waals surface area contributed by atoms with Crippen LogP contribution in [-0.2, 0) is 6.54 Å². The highest BCUT2D eigenvalue weighted by Crippen LogP contribution is 2.32. The summed E-state index contributed by atoms with van der Waals surface area (Å²) in [5.74, 6) is 0.489. The molecule has 1 aliphatic carbocycles. The van der Waals surface area contributed by atoms with Crippen molar-refractivity contribution in [1.82, 2.24) is 30.0 Å². The second-order valence-corrected chi connectivity index (χ2v) is 8.61. The zero-order valence-corrected chi connectivity index (χ0v) is 17.8. The normalized spacial score (nSPS) is 19.6. The number of aromatic nitrogens is 4. The Hall–Kier alpha value is -2.64. The fraction of sp³-hybridized carbons (Fsp3) is 0.458. The van der Waals surface area contributed by atoms with Crippen molar-refractivity contribution in [2.75, 3.05) is 26.2 Å². The molecule has 7 heteroatoms. The van der Waals surface area contributed by atoms with Gasteiger partial charge in [-0.15, -0.1) is 5.10 Å². The molecule has 1 atom stereocenters. The lowest BCUT2D eigenvalue weighted by molar-refractivity contribution is 0.0762. The van der Waals surface area contributed by atoms with Crippen molar-refractivity contribution >= 4 is 0 Å². The molecule has 162 valence electrons. The van der Waals surface area contributed by atoms with Gasteiger partial charge in [0.15, 0.2) is 5.82 Å². The van der Waals surface area contributed by atoms with E-state index in [4.69, 9.17) is 0 Å². The van der Waals surface area contributed by atoms with E-state index < -0.39 is 0 Å². The fourth-order valence-corrected chi connectivity index (χ4v) is 5.10. The monoisotopic (exact) mass is 420 g/mol. The zero-order valence-electron chi connectivity index (χ0n) is 17.8. The maximum atomic E-state index is 15.0. The van der Waals surface area contributed by atoms with E-state index in [2.05, 4.69) is 37.5 Å². The third-order valence-corrected chi connectivity index (χ3v) is 6.73. The van der Waals surface area contributed by atoms with E-state index in [-0.39, 0.29) is 11.9 Å². The topological polar surface area (TPSA) is 50.1 Å². The van der Waals surface area contributed by atoms with Crippen LogP contribution in [0.25, 0.3) is 0 Å². The summed E-state index contributed by atoms with van der Waals surface area (Å²) >= 11 is 0. The lowest BCUT2D eigenvalue weighted by atomic mass is 10.0. The van der Waals surface area contributed by atoms with Crippen molar-refractivity contribution in [2.24, 2.45) is 0 Å². The summed E-state index contributed by atoms with van der Waals surface area (Å²) in [6, 6.07) is 17.6. The number of hydrogen-bond acceptors (Lipinski definition) is 5. The highest BCUT2D eigenvalue weighted by Gasteiger charge is 2.34. The van der Waals surface area contributed by atoms with Crippen molar-refractivity contribution in [3.8, 4) is 0 Å². The van der Waals surface area contributed by atoms with Crippen LogP contribution < -0.4 is 0 Å². The smallest absolute Gasteiger partial charge is 0.173 e. The molecule has 3 aromatic rings. The molecule has 31 heavy (non-hydrogen) atoms. The number of nitrogens with zero attached hydrogens (tertiary/aromatic N) is 6.